The van der Waals surface area contributed by atoms with Crippen LogP contribution in [0.15, 0.2) is 54.7 Å². The zero-order chi connectivity index (χ0) is 18.3. The highest BCUT2D eigenvalue weighted by atomic mass is 19.1. The van der Waals surface area contributed by atoms with Crippen molar-refractivity contribution < 1.29 is 13.9 Å². The molecule has 1 aromatic heterocycles. The first-order chi connectivity index (χ1) is 12.6. The molecular weight excluding hydrogens is 331 g/mol. The molecule has 0 aliphatic carbocycles. The van der Waals surface area contributed by atoms with Crippen molar-refractivity contribution in [1.29, 1.82) is 0 Å². The molecule has 0 aliphatic heterocycles. The molecule has 0 radical (unpaired) electrons. The molecule has 0 spiro atoms. The molecule has 26 heavy (non-hydrogen) atoms. The van der Waals surface area contributed by atoms with Crippen LogP contribution in [-0.4, -0.2) is 22.9 Å². The van der Waals surface area contributed by atoms with Crippen LogP contribution in [0, 0.1) is 5.82 Å². The van der Waals surface area contributed by atoms with Crippen LogP contribution in [0.3, 0.4) is 0 Å². The lowest BCUT2D eigenvalue weighted by molar-refractivity contribution is -0.139. The number of aryl methyl sites for hydroxylation is 1. The molecule has 0 saturated heterocycles. The van der Waals surface area contributed by atoms with Gasteiger partial charge in [-0.2, -0.15) is 5.10 Å². The topological polar surface area (TPSA) is 44.1 Å². The van der Waals surface area contributed by atoms with Crippen molar-refractivity contribution >= 4 is 27.6 Å². The van der Waals surface area contributed by atoms with Crippen molar-refractivity contribution in [3.63, 3.8) is 0 Å². The molecule has 0 fully saturated rings. The molecule has 4 nitrogen and oxygen atoms in total. The highest BCUT2D eigenvalue weighted by molar-refractivity contribution is 6.01. The smallest absolute Gasteiger partial charge is 0.309 e. The number of methoxy groups -OCH3 is 1. The van der Waals surface area contributed by atoms with Gasteiger partial charge in [-0.05, 0) is 34.0 Å². The maximum atomic E-state index is 14.8. The largest absolute Gasteiger partial charge is 0.469 e. The van der Waals surface area contributed by atoms with Gasteiger partial charge in [-0.1, -0.05) is 36.4 Å². The number of rotatable bonds is 3. The molecule has 1 heterocycles. The minimum Gasteiger partial charge on any atom is -0.469 e. The van der Waals surface area contributed by atoms with E-state index >= 15 is 0 Å². The van der Waals surface area contributed by atoms with Crippen molar-refractivity contribution in [2.24, 2.45) is 7.05 Å². The fourth-order valence-corrected chi connectivity index (χ4v) is 3.37. The summed E-state index contributed by atoms with van der Waals surface area (Å²) >= 11 is 0. The summed E-state index contributed by atoms with van der Waals surface area (Å²) in [5, 5.41) is 6.77. The number of fused-ring (bicyclic) bond motifs is 2. The Morgan fingerprint density at radius 1 is 1.12 bits per heavy atom. The molecule has 5 heteroatoms. The molecule has 0 unspecified atom stereocenters. The Morgan fingerprint density at radius 3 is 2.69 bits per heavy atom. The van der Waals surface area contributed by atoms with E-state index in [0.717, 1.165) is 32.8 Å². The number of esters is 1. The second kappa shape index (κ2) is 6.26. The zero-order valence-electron chi connectivity index (χ0n) is 14.5. The Kier molecular flexibility index (Phi) is 3.92. The molecule has 0 N–H and O–H groups in total. The zero-order valence-corrected chi connectivity index (χ0v) is 14.5. The number of halogens is 1. The van der Waals surface area contributed by atoms with E-state index in [1.54, 1.807) is 10.9 Å². The van der Waals surface area contributed by atoms with Crippen molar-refractivity contribution in [3.8, 4) is 11.1 Å². The standard InChI is InChI=1S/C21H17FN2O2/c1-24-20-11-18(19(22)9-14(20)12-23-24)17-8-4-6-15-13(10-21(25)26-2)5-3-7-16(15)17/h3-9,11-12H,10H2,1-2H3. The number of carbonyl (C=O) groups excluding carboxylic acids is 1. The molecule has 4 rings (SSSR count). The van der Waals surface area contributed by atoms with Gasteiger partial charge in [-0.3, -0.25) is 9.48 Å². The van der Waals surface area contributed by atoms with Crippen LogP contribution in [0.1, 0.15) is 5.56 Å². The van der Waals surface area contributed by atoms with Gasteiger partial charge in [0, 0.05) is 18.0 Å². The highest BCUT2D eigenvalue weighted by Gasteiger charge is 2.14. The highest BCUT2D eigenvalue weighted by Crippen LogP contribution is 2.34. The summed E-state index contributed by atoms with van der Waals surface area (Å²) in [6, 6.07) is 14.8. The molecule has 0 aliphatic rings. The molecule has 0 amide bonds. The monoisotopic (exact) mass is 348 g/mol. The number of carbonyl (C=O) groups is 1. The lowest BCUT2D eigenvalue weighted by Gasteiger charge is -2.11. The SMILES string of the molecule is COC(=O)Cc1cccc2c(-c3cc4c(cnn4C)cc3F)cccc12. The third-order valence-electron chi connectivity index (χ3n) is 4.70. The average molecular weight is 348 g/mol. The lowest BCUT2D eigenvalue weighted by atomic mass is 9.94. The van der Waals surface area contributed by atoms with Crippen molar-refractivity contribution in [2.75, 3.05) is 7.11 Å². The summed E-state index contributed by atoms with van der Waals surface area (Å²) in [6.45, 7) is 0. The van der Waals surface area contributed by atoms with E-state index in [9.17, 15) is 9.18 Å². The van der Waals surface area contributed by atoms with Crippen LogP contribution >= 0.6 is 0 Å². The quantitative estimate of drug-likeness (QED) is 0.520. The van der Waals surface area contributed by atoms with Crippen LogP contribution in [0.2, 0.25) is 0 Å². The Bertz CT molecular complexity index is 1150. The number of ether oxygens (including phenoxy) is 1. The van der Waals surface area contributed by atoms with E-state index in [-0.39, 0.29) is 18.2 Å². The molecule has 0 saturated carbocycles. The van der Waals surface area contributed by atoms with Gasteiger partial charge in [-0.15, -0.1) is 0 Å². The van der Waals surface area contributed by atoms with Crippen molar-refractivity contribution in [3.05, 3.63) is 66.1 Å². The Morgan fingerprint density at radius 2 is 1.88 bits per heavy atom. The predicted octanol–water partition coefficient (Wildman–Crippen LogP) is 4.25. The molecule has 3 aromatic carbocycles. The summed E-state index contributed by atoms with van der Waals surface area (Å²) in [4.78, 5) is 11.7. The number of aromatic nitrogens is 2. The van der Waals surface area contributed by atoms with Gasteiger partial charge in [0.1, 0.15) is 5.82 Å². The van der Waals surface area contributed by atoms with Crippen LogP contribution in [0.4, 0.5) is 4.39 Å². The van der Waals surface area contributed by atoms with E-state index in [1.165, 1.54) is 13.2 Å². The van der Waals surface area contributed by atoms with E-state index < -0.39 is 0 Å². The second-order valence-electron chi connectivity index (χ2n) is 6.23. The van der Waals surface area contributed by atoms with Crippen LogP contribution in [0.25, 0.3) is 32.8 Å². The van der Waals surface area contributed by atoms with Gasteiger partial charge >= 0.3 is 5.97 Å². The van der Waals surface area contributed by atoms with Gasteiger partial charge in [-0.25, -0.2) is 4.39 Å². The van der Waals surface area contributed by atoms with Crippen molar-refractivity contribution in [2.45, 2.75) is 6.42 Å². The number of benzene rings is 3. The Hall–Kier alpha value is -3.21. The Balaban J connectivity index is 1.95. The van der Waals surface area contributed by atoms with Gasteiger partial charge in [0.15, 0.2) is 0 Å². The van der Waals surface area contributed by atoms with Gasteiger partial charge in [0.2, 0.25) is 0 Å². The fraction of sp³-hybridized carbons (Fsp3) is 0.143. The second-order valence-corrected chi connectivity index (χ2v) is 6.23. The average Bonchev–Trinajstić information content (AvgIpc) is 3.00. The third kappa shape index (κ3) is 2.62. The van der Waals surface area contributed by atoms with Crippen LogP contribution in [0.5, 0.6) is 0 Å². The normalized spacial score (nSPS) is 11.2. The summed E-state index contributed by atoms with van der Waals surface area (Å²) in [5.74, 6) is -0.596. The fourth-order valence-electron chi connectivity index (χ4n) is 3.37. The predicted molar refractivity (Wildman–Crippen MR) is 99.3 cm³/mol. The lowest BCUT2D eigenvalue weighted by Crippen LogP contribution is -2.04. The summed E-state index contributed by atoms with van der Waals surface area (Å²) < 4.78 is 21.3. The van der Waals surface area contributed by atoms with Gasteiger partial charge < -0.3 is 4.74 Å². The summed E-state index contributed by atoms with van der Waals surface area (Å²) in [7, 11) is 3.21. The van der Waals surface area contributed by atoms with E-state index in [1.807, 2.05) is 49.5 Å². The third-order valence-corrected chi connectivity index (χ3v) is 4.70. The maximum absolute atomic E-state index is 14.8. The first-order valence-corrected chi connectivity index (χ1v) is 8.27. The van der Waals surface area contributed by atoms with Crippen LogP contribution < -0.4 is 0 Å². The minimum atomic E-state index is -0.301. The summed E-state index contributed by atoms with van der Waals surface area (Å²) in [6.07, 6.45) is 1.83. The molecule has 0 bridgehead atoms. The van der Waals surface area contributed by atoms with E-state index in [4.69, 9.17) is 4.74 Å². The number of hydrogen-bond acceptors (Lipinski definition) is 3. The van der Waals surface area contributed by atoms with E-state index in [0.29, 0.717) is 5.56 Å². The van der Waals surface area contributed by atoms with Crippen molar-refractivity contribution in [1.82, 2.24) is 9.78 Å². The number of hydrogen-bond donors (Lipinski definition) is 0. The van der Waals surface area contributed by atoms with Gasteiger partial charge in [0.05, 0.1) is 25.2 Å². The molecule has 4 aromatic rings. The molecular formula is C21H17FN2O2. The first kappa shape index (κ1) is 16.3. The van der Waals surface area contributed by atoms with Crippen LogP contribution in [-0.2, 0) is 23.0 Å². The first-order valence-electron chi connectivity index (χ1n) is 8.27. The molecule has 130 valence electrons. The van der Waals surface area contributed by atoms with Gasteiger partial charge in [0.25, 0.3) is 0 Å². The Labute approximate surface area is 149 Å². The summed E-state index contributed by atoms with van der Waals surface area (Å²) in [5.41, 5.74) is 3.03. The minimum absolute atomic E-state index is 0.181. The molecule has 0 atom stereocenters. The maximum Gasteiger partial charge on any atom is 0.309 e. The van der Waals surface area contributed by atoms with E-state index in [2.05, 4.69) is 5.10 Å². The number of nitrogens with zero attached hydrogens (tertiary/aromatic N) is 2.